The van der Waals surface area contributed by atoms with Crippen LogP contribution in [0.1, 0.15) is 52.5 Å². The van der Waals surface area contributed by atoms with Gasteiger partial charge in [-0.25, -0.2) is 0 Å². The van der Waals surface area contributed by atoms with Gasteiger partial charge in [-0.1, -0.05) is 58.3 Å². The largest absolute Gasteiger partial charge is 0.396 e. The number of aliphatic hydroxyl groups is 2. The predicted octanol–water partition coefficient (Wildman–Crippen LogP) is 5.25. The first-order valence-electron chi connectivity index (χ1n) is 10.1. The Balaban J connectivity index is 2.30. The molecule has 0 bridgehead atoms. The quantitative estimate of drug-likeness (QED) is 0.493. The minimum absolute atomic E-state index is 0.0423. The molecule has 2 atom stereocenters. The highest BCUT2D eigenvalue weighted by Crippen LogP contribution is 2.46. The molecular weight excluding hydrogens is 430 g/mol. The molecular formula is C24H32BrNO3. The molecule has 158 valence electrons. The van der Waals surface area contributed by atoms with E-state index in [0.717, 1.165) is 23.0 Å². The van der Waals surface area contributed by atoms with Crippen LogP contribution < -0.4 is 4.90 Å². The van der Waals surface area contributed by atoms with Gasteiger partial charge in [0.2, 0.25) is 0 Å². The highest BCUT2D eigenvalue weighted by atomic mass is 79.9. The molecule has 5 heteroatoms. The molecule has 0 fully saturated rings. The standard InChI is InChI=1S/C24H32BrNO3/c1-17(2)8-7-9-18(3)13-14-26-22-12-11-20(25)16-21(22)24(29,23(26)28)19(4)10-5-6-15-27/h5,8,10-13,16,19,27,29H,6-7,9,14-15H2,1-4H3/b10-5+,18-13+/t19-,24+/m1/s1. The predicted molar refractivity (Wildman–Crippen MR) is 123 cm³/mol. The Hall–Kier alpha value is -1.69. The van der Waals surface area contributed by atoms with Crippen LogP contribution in [0.25, 0.3) is 0 Å². The number of rotatable bonds is 9. The van der Waals surface area contributed by atoms with Gasteiger partial charge in [0.15, 0.2) is 5.60 Å². The lowest BCUT2D eigenvalue weighted by atomic mass is 9.83. The van der Waals surface area contributed by atoms with Crippen molar-refractivity contribution in [2.45, 2.75) is 52.6 Å². The highest BCUT2D eigenvalue weighted by Gasteiger charge is 2.52. The molecule has 1 aliphatic rings. The third-order valence-corrected chi connectivity index (χ3v) is 5.82. The zero-order valence-corrected chi connectivity index (χ0v) is 19.4. The summed E-state index contributed by atoms with van der Waals surface area (Å²) in [5.41, 5.74) is 2.28. The van der Waals surface area contributed by atoms with Crippen molar-refractivity contribution in [3.05, 3.63) is 63.7 Å². The second kappa shape index (κ2) is 10.4. The fourth-order valence-corrected chi connectivity index (χ4v) is 3.91. The van der Waals surface area contributed by atoms with E-state index in [0.29, 0.717) is 18.5 Å². The fraction of sp³-hybridized carbons (Fsp3) is 0.458. The van der Waals surface area contributed by atoms with Crippen LogP contribution in [0.2, 0.25) is 0 Å². The fourth-order valence-electron chi connectivity index (χ4n) is 3.55. The zero-order chi connectivity index (χ0) is 21.6. The molecule has 0 aliphatic carbocycles. The molecule has 0 unspecified atom stereocenters. The Morgan fingerprint density at radius 1 is 1.24 bits per heavy atom. The first-order chi connectivity index (χ1) is 13.7. The second-order valence-corrected chi connectivity index (χ2v) is 8.86. The van der Waals surface area contributed by atoms with Gasteiger partial charge in [0.1, 0.15) is 0 Å². The van der Waals surface area contributed by atoms with E-state index in [4.69, 9.17) is 5.11 Å². The molecule has 29 heavy (non-hydrogen) atoms. The summed E-state index contributed by atoms with van der Waals surface area (Å²) in [7, 11) is 0. The third-order valence-electron chi connectivity index (χ3n) is 5.32. The van der Waals surface area contributed by atoms with Crippen LogP contribution in [0.5, 0.6) is 0 Å². The topological polar surface area (TPSA) is 60.8 Å². The number of carbonyl (C=O) groups is 1. The molecule has 2 rings (SSSR count). The first kappa shape index (κ1) is 23.6. The van der Waals surface area contributed by atoms with E-state index in [1.165, 1.54) is 11.1 Å². The average molecular weight is 462 g/mol. The van der Waals surface area contributed by atoms with Gasteiger partial charge in [-0.3, -0.25) is 4.79 Å². The van der Waals surface area contributed by atoms with Crippen LogP contribution in [0.3, 0.4) is 0 Å². The minimum atomic E-state index is -1.62. The maximum absolute atomic E-state index is 13.3. The van der Waals surface area contributed by atoms with Gasteiger partial charge < -0.3 is 15.1 Å². The van der Waals surface area contributed by atoms with Crippen LogP contribution in [-0.2, 0) is 10.4 Å². The van der Waals surface area contributed by atoms with Crippen molar-refractivity contribution in [2.24, 2.45) is 5.92 Å². The lowest BCUT2D eigenvalue weighted by Crippen LogP contribution is -2.44. The molecule has 1 aliphatic heterocycles. The summed E-state index contributed by atoms with van der Waals surface area (Å²) in [5, 5.41) is 20.5. The Kier molecular flexibility index (Phi) is 8.44. The van der Waals surface area contributed by atoms with E-state index in [1.807, 2.05) is 37.3 Å². The van der Waals surface area contributed by atoms with Gasteiger partial charge in [-0.15, -0.1) is 0 Å². The number of aliphatic hydroxyl groups excluding tert-OH is 1. The molecule has 1 aromatic carbocycles. The van der Waals surface area contributed by atoms with Crippen LogP contribution in [0, 0.1) is 5.92 Å². The number of anilines is 1. The van der Waals surface area contributed by atoms with Gasteiger partial charge in [0.25, 0.3) is 5.91 Å². The SMILES string of the molecule is CC(C)=CCC/C(C)=C/CN1C(=O)[C@](O)([C@H](C)/C=C/CCO)c2cc(Br)ccc21. The Bertz CT molecular complexity index is 823. The minimum Gasteiger partial charge on any atom is -0.396 e. The summed E-state index contributed by atoms with van der Waals surface area (Å²) < 4.78 is 0.823. The highest BCUT2D eigenvalue weighted by molar-refractivity contribution is 9.10. The van der Waals surface area contributed by atoms with E-state index < -0.39 is 11.5 Å². The van der Waals surface area contributed by atoms with E-state index in [2.05, 4.69) is 48.9 Å². The number of carbonyl (C=O) groups excluding carboxylic acids is 1. The van der Waals surface area contributed by atoms with Gasteiger partial charge >= 0.3 is 0 Å². The Morgan fingerprint density at radius 2 is 1.97 bits per heavy atom. The number of halogens is 1. The van der Waals surface area contributed by atoms with Gasteiger partial charge in [-0.05, 0) is 58.2 Å². The Morgan fingerprint density at radius 3 is 2.62 bits per heavy atom. The van der Waals surface area contributed by atoms with Crippen molar-refractivity contribution in [3.63, 3.8) is 0 Å². The van der Waals surface area contributed by atoms with Crippen LogP contribution in [-0.4, -0.2) is 29.3 Å². The second-order valence-electron chi connectivity index (χ2n) is 7.94. The summed E-state index contributed by atoms with van der Waals surface area (Å²) in [6.07, 6.45) is 10.3. The summed E-state index contributed by atoms with van der Waals surface area (Å²) in [6, 6.07) is 5.60. The molecule has 4 nitrogen and oxygen atoms in total. The summed E-state index contributed by atoms with van der Waals surface area (Å²) in [6.45, 7) is 8.57. The lowest BCUT2D eigenvalue weighted by Gasteiger charge is -2.27. The van der Waals surface area contributed by atoms with Crippen molar-refractivity contribution in [2.75, 3.05) is 18.1 Å². The molecule has 0 saturated carbocycles. The van der Waals surface area contributed by atoms with E-state index in [9.17, 15) is 9.90 Å². The molecule has 0 radical (unpaired) electrons. The molecule has 0 aromatic heterocycles. The summed E-state index contributed by atoms with van der Waals surface area (Å²) >= 11 is 3.46. The number of hydrogen-bond acceptors (Lipinski definition) is 3. The smallest absolute Gasteiger partial charge is 0.264 e. The monoisotopic (exact) mass is 461 g/mol. The number of hydrogen-bond donors (Lipinski definition) is 2. The molecule has 1 aromatic rings. The van der Waals surface area contributed by atoms with Crippen LogP contribution >= 0.6 is 15.9 Å². The van der Waals surface area contributed by atoms with Gasteiger partial charge in [0.05, 0.1) is 5.69 Å². The van der Waals surface area contributed by atoms with Crippen molar-refractivity contribution in [1.29, 1.82) is 0 Å². The first-order valence-corrected chi connectivity index (χ1v) is 10.9. The van der Waals surface area contributed by atoms with Gasteiger partial charge in [-0.2, -0.15) is 0 Å². The number of amides is 1. The van der Waals surface area contributed by atoms with Gasteiger partial charge in [0, 0.05) is 29.1 Å². The molecule has 0 spiro atoms. The van der Waals surface area contributed by atoms with E-state index in [-0.39, 0.29) is 12.5 Å². The number of benzene rings is 1. The number of allylic oxidation sites excluding steroid dienone is 3. The van der Waals surface area contributed by atoms with Crippen LogP contribution in [0.4, 0.5) is 5.69 Å². The maximum Gasteiger partial charge on any atom is 0.264 e. The van der Waals surface area contributed by atoms with E-state index >= 15 is 0 Å². The zero-order valence-electron chi connectivity index (χ0n) is 17.8. The molecule has 1 heterocycles. The third kappa shape index (κ3) is 5.47. The van der Waals surface area contributed by atoms with Crippen LogP contribution in [0.15, 0.2) is 58.1 Å². The average Bonchev–Trinajstić information content (AvgIpc) is 2.88. The molecule has 0 saturated heterocycles. The maximum atomic E-state index is 13.3. The Labute approximate surface area is 182 Å². The van der Waals surface area contributed by atoms with E-state index in [1.54, 1.807) is 4.90 Å². The lowest BCUT2D eigenvalue weighted by molar-refractivity contribution is -0.139. The normalized spacial score (nSPS) is 20.3. The van der Waals surface area contributed by atoms with Crippen molar-refractivity contribution in [1.82, 2.24) is 0 Å². The van der Waals surface area contributed by atoms with Crippen molar-refractivity contribution in [3.8, 4) is 0 Å². The summed E-state index contributed by atoms with van der Waals surface area (Å²) in [4.78, 5) is 15.0. The molecule has 2 N–H and O–H groups in total. The number of nitrogens with zero attached hydrogens (tertiary/aromatic N) is 1. The molecule has 1 amide bonds. The van der Waals surface area contributed by atoms with Crippen molar-refractivity contribution < 1.29 is 15.0 Å². The van der Waals surface area contributed by atoms with Crippen molar-refractivity contribution >= 4 is 27.5 Å². The summed E-state index contributed by atoms with van der Waals surface area (Å²) in [5.74, 6) is -0.720. The number of fused-ring (bicyclic) bond motifs is 1.